The van der Waals surface area contributed by atoms with Gasteiger partial charge in [0.15, 0.2) is 5.11 Å². The molecule has 0 spiro atoms. The van der Waals surface area contributed by atoms with Crippen LogP contribution in [-0.2, 0) is 0 Å². The Morgan fingerprint density at radius 1 is 1.38 bits per heavy atom. The summed E-state index contributed by atoms with van der Waals surface area (Å²) >= 11 is 5.29. The molecular weight excluding hydrogens is 180 g/mol. The SMILES string of the molecule is CCNC(=S)N1CC(C)CC(C)C1. The zero-order valence-electron chi connectivity index (χ0n) is 8.84. The molecule has 0 saturated carbocycles. The van der Waals surface area contributed by atoms with Crippen LogP contribution < -0.4 is 5.32 Å². The van der Waals surface area contributed by atoms with Crippen molar-refractivity contribution in [1.29, 1.82) is 0 Å². The number of rotatable bonds is 1. The maximum Gasteiger partial charge on any atom is 0.168 e. The lowest BCUT2D eigenvalue weighted by Crippen LogP contribution is -2.47. The minimum absolute atomic E-state index is 0.778. The van der Waals surface area contributed by atoms with Crippen LogP contribution in [0.3, 0.4) is 0 Å². The van der Waals surface area contributed by atoms with Crippen molar-refractivity contribution in [1.82, 2.24) is 10.2 Å². The average molecular weight is 200 g/mol. The Morgan fingerprint density at radius 2 is 1.92 bits per heavy atom. The molecule has 0 aromatic rings. The van der Waals surface area contributed by atoms with Crippen molar-refractivity contribution in [3.8, 4) is 0 Å². The van der Waals surface area contributed by atoms with Gasteiger partial charge in [0.2, 0.25) is 0 Å². The molecule has 0 aromatic carbocycles. The highest BCUT2D eigenvalue weighted by molar-refractivity contribution is 7.80. The van der Waals surface area contributed by atoms with Crippen molar-refractivity contribution in [3.63, 3.8) is 0 Å². The molecule has 1 aliphatic heterocycles. The van der Waals surface area contributed by atoms with Crippen LogP contribution in [0.15, 0.2) is 0 Å². The number of thiocarbonyl (C=S) groups is 1. The van der Waals surface area contributed by atoms with Gasteiger partial charge in [-0.25, -0.2) is 0 Å². The molecule has 1 saturated heterocycles. The van der Waals surface area contributed by atoms with Crippen molar-refractivity contribution < 1.29 is 0 Å². The van der Waals surface area contributed by atoms with Gasteiger partial charge in [-0.1, -0.05) is 13.8 Å². The minimum atomic E-state index is 0.778. The summed E-state index contributed by atoms with van der Waals surface area (Å²) in [5.41, 5.74) is 0. The lowest BCUT2D eigenvalue weighted by Gasteiger charge is -2.36. The minimum Gasteiger partial charge on any atom is -0.363 e. The first-order valence-electron chi connectivity index (χ1n) is 5.16. The molecule has 0 bridgehead atoms. The van der Waals surface area contributed by atoms with Gasteiger partial charge in [0.25, 0.3) is 0 Å². The topological polar surface area (TPSA) is 15.3 Å². The van der Waals surface area contributed by atoms with Crippen molar-refractivity contribution in [2.45, 2.75) is 27.2 Å². The van der Waals surface area contributed by atoms with Gasteiger partial charge in [-0.2, -0.15) is 0 Å². The second-order valence-electron chi connectivity index (χ2n) is 4.19. The van der Waals surface area contributed by atoms with E-state index in [9.17, 15) is 0 Å². The van der Waals surface area contributed by atoms with E-state index in [1.165, 1.54) is 6.42 Å². The molecule has 2 unspecified atom stereocenters. The standard InChI is InChI=1S/C10H20N2S/c1-4-11-10(13)12-6-8(2)5-9(3)7-12/h8-9H,4-7H2,1-3H3,(H,11,13). The number of nitrogens with zero attached hydrogens (tertiary/aromatic N) is 1. The van der Waals surface area contributed by atoms with Gasteiger partial charge >= 0.3 is 0 Å². The lowest BCUT2D eigenvalue weighted by molar-refractivity contribution is 0.212. The highest BCUT2D eigenvalue weighted by Crippen LogP contribution is 2.20. The Kier molecular flexibility index (Phi) is 3.97. The molecule has 0 aliphatic carbocycles. The van der Waals surface area contributed by atoms with Gasteiger partial charge in [0, 0.05) is 19.6 Å². The van der Waals surface area contributed by atoms with E-state index in [1.807, 2.05) is 0 Å². The first-order valence-corrected chi connectivity index (χ1v) is 5.57. The van der Waals surface area contributed by atoms with Gasteiger partial charge < -0.3 is 10.2 Å². The fourth-order valence-electron chi connectivity index (χ4n) is 2.09. The highest BCUT2D eigenvalue weighted by Gasteiger charge is 2.22. The molecule has 1 aliphatic rings. The van der Waals surface area contributed by atoms with Crippen LogP contribution in [0, 0.1) is 11.8 Å². The second kappa shape index (κ2) is 4.80. The molecule has 1 N–H and O–H groups in total. The number of likely N-dealkylation sites (tertiary alicyclic amines) is 1. The first kappa shape index (κ1) is 10.8. The Balaban J connectivity index is 2.45. The van der Waals surface area contributed by atoms with Crippen molar-refractivity contribution in [2.75, 3.05) is 19.6 Å². The van der Waals surface area contributed by atoms with Crippen LogP contribution in [0.25, 0.3) is 0 Å². The third-order valence-corrected chi connectivity index (χ3v) is 2.89. The largest absolute Gasteiger partial charge is 0.363 e. The van der Waals surface area contributed by atoms with Crippen molar-refractivity contribution in [3.05, 3.63) is 0 Å². The number of piperidine rings is 1. The van der Waals surface area contributed by atoms with Crippen molar-refractivity contribution in [2.24, 2.45) is 11.8 Å². The van der Waals surface area contributed by atoms with Gasteiger partial charge in [-0.3, -0.25) is 0 Å². The summed E-state index contributed by atoms with van der Waals surface area (Å²) in [5, 5.41) is 4.15. The Hall–Kier alpha value is -0.310. The van der Waals surface area contributed by atoms with Gasteiger partial charge in [-0.05, 0) is 37.4 Å². The zero-order chi connectivity index (χ0) is 9.84. The summed E-state index contributed by atoms with van der Waals surface area (Å²) in [6.07, 6.45) is 1.34. The molecule has 1 rings (SSSR count). The predicted molar refractivity (Wildman–Crippen MR) is 60.8 cm³/mol. The van der Waals surface area contributed by atoms with E-state index in [1.54, 1.807) is 0 Å². The fourth-order valence-corrected chi connectivity index (χ4v) is 2.39. The normalized spacial score (nSPS) is 28.7. The van der Waals surface area contributed by atoms with Gasteiger partial charge in [0.05, 0.1) is 0 Å². The summed E-state index contributed by atoms with van der Waals surface area (Å²) in [5.74, 6) is 1.56. The van der Waals surface area contributed by atoms with Crippen LogP contribution >= 0.6 is 12.2 Å². The third-order valence-electron chi connectivity index (χ3n) is 2.48. The van der Waals surface area contributed by atoms with E-state index in [2.05, 4.69) is 31.0 Å². The van der Waals surface area contributed by atoms with Crippen LogP contribution in [-0.4, -0.2) is 29.6 Å². The smallest absolute Gasteiger partial charge is 0.168 e. The molecular formula is C10H20N2S. The van der Waals surface area contributed by atoms with Crippen LogP contribution in [0.1, 0.15) is 27.2 Å². The monoisotopic (exact) mass is 200 g/mol. The Bertz CT molecular complexity index is 172. The molecule has 0 radical (unpaired) electrons. The van der Waals surface area contributed by atoms with E-state index in [-0.39, 0.29) is 0 Å². The molecule has 76 valence electrons. The third kappa shape index (κ3) is 3.14. The van der Waals surface area contributed by atoms with E-state index in [0.29, 0.717) is 0 Å². The van der Waals surface area contributed by atoms with Crippen molar-refractivity contribution >= 4 is 17.3 Å². The average Bonchev–Trinajstić information content (AvgIpc) is 2.03. The van der Waals surface area contributed by atoms with E-state index in [0.717, 1.165) is 36.6 Å². The molecule has 1 heterocycles. The van der Waals surface area contributed by atoms with Crippen LogP contribution in [0.5, 0.6) is 0 Å². The van der Waals surface area contributed by atoms with Crippen LogP contribution in [0.4, 0.5) is 0 Å². The highest BCUT2D eigenvalue weighted by atomic mass is 32.1. The Morgan fingerprint density at radius 3 is 2.38 bits per heavy atom. The van der Waals surface area contributed by atoms with Gasteiger partial charge in [-0.15, -0.1) is 0 Å². The number of hydrogen-bond acceptors (Lipinski definition) is 1. The molecule has 2 atom stereocenters. The van der Waals surface area contributed by atoms with E-state index in [4.69, 9.17) is 12.2 Å². The quantitative estimate of drug-likeness (QED) is 0.650. The van der Waals surface area contributed by atoms with Crippen LogP contribution in [0.2, 0.25) is 0 Å². The molecule has 3 heteroatoms. The number of hydrogen-bond donors (Lipinski definition) is 1. The second-order valence-corrected chi connectivity index (χ2v) is 4.57. The summed E-state index contributed by atoms with van der Waals surface area (Å²) in [6, 6.07) is 0. The molecule has 0 amide bonds. The number of nitrogens with one attached hydrogen (secondary N) is 1. The van der Waals surface area contributed by atoms with Gasteiger partial charge in [0.1, 0.15) is 0 Å². The first-order chi connectivity index (χ1) is 6.13. The maximum absolute atomic E-state index is 5.29. The zero-order valence-corrected chi connectivity index (χ0v) is 9.66. The summed E-state index contributed by atoms with van der Waals surface area (Å²) < 4.78 is 0. The molecule has 13 heavy (non-hydrogen) atoms. The molecule has 1 fully saturated rings. The van der Waals surface area contributed by atoms with E-state index >= 15 is 0 Å². The Labute approximate surface area is 86.7 Å². The fraction of sp³-hybridized carbons (Fsp3) is 0.900. The lowest BCUT2D eigenvalue weighted by atomic mass is 9.92. The molecule has 2 nitrogen and oxygen atoms in total. The predicted octanol–water partition coefficient (Wildman–Crippen LogP) is 1.86. The summed E-state index contributed by atoms with van der Waals surface area (Å²) in [7, 11) is 0. The maximum atomic E-state index is 5.29. The summed E-state index contributed by atoms with van der Waals surface area (Å²) in [6.45, 7) is 9.86. The molecule has 0 aromatic heterocycles. The van der Waals surface area contributed by atoms with E-state index < -0.39 is 0 Å². The summed E-state index contributed by atoms with van der Waals surface area (Å²) in [4.78, 5) is 2.30.